The lowest BCUT2D eigenvalue weighted by Gasteiger charge is -2.14. The minimum Gasteiger partial charge on any atom is -0.377 e. The predicted molar refractivity (Wildman–Crippen MR) is 59.6 cm³/mol. The fourth-order valence-electron chi connectivity index (χ4n) is 1.76. The van der Waals surface area contributed by atoms with Gasteiger partial charge in [-0.2, -0.15) is 0 Å². The second-order valence-electron chi connectivity index (χ2n) is 4.45. The number of carbonyl (C=O) groups is 1. The quantitative estimate of drug-likeness (QED) is 0.651. The Kier molecular flexibility index (Phi) is 5.05. The number of ether oxygens (including phenoxy) is 1. The maximum Gasteiger partial charge on any atom is 0.224 e. The fraction of sp³-hybridized carbons (Fsp3) is 0.909. The number of carbonyl (C=O) groups excluding carboxylic acids is 1. The van der Waals surface area contributed by atoms with Crippen LogP contribution < -0.4 is 10.6 Å². The Bertz CT molecular complexity index is 207. The van der Waals surface area contributed by atoms with Gasteiger partial charge in [-0.3, -0.25) is 4.79 Å². The van der Waals surface area contributed by atoms with Gasteiger partial charge in [0.1, 0.15) is 0 Å². The van der Waals surface area contributed by atoms with E-state index in [1.54, 1.807) is 0 Å². The molecular formula is C11H22N2O2. The minimum atomic E-state index is 0.129. The largest absolute Gasteiger partial charge is 0.377 e. The molecule has 0 aromatic rings. The normalized spacial score (nSPS) is 25.9. The van der Waals surface area contributed by atoms with Crippen LogP contribution in [-0.2, 0) is 9.53 Å². The van der Waals surface area contributed by atoms with E-state index in [2.05, 4.69) is 17.6 Å². The number of hydrogen-bond donors (Lipinski definition) is 2. The molecule has 0 spiro atoms. The molecule has 1 heterocycles. The summed E-state index contributed by atoms with van der Waals surface area (Å²) >= 11 is 0. The molecule has 2 N–H and O–H groups in total. The summed E-state index contributed by atoms with van der Waals surface area (Å²) in [5.74, 6) is 0.722. The molecule has 0 saturated carbocycles. The SMILES string of the molecule is CC(C)OCCNC(=O)[C@@H]1CNC[C@H]1C. The van der Waals surface area contributed by atoms with Crippen molar-refractivity contribution in [2.45, 2.75) is 26.9 Å². The van der Waals surface area contributed by atoms with Crippen molar-refractivity contribution >= 4 is 5.91 Å². The highest BCUT2D eigenvalue weighted by Crippen LogP contribution is 2.15. The maximum absolute atomic E-state index is 11.7. The Labute approximate surface area is 91.8 Å². The Morgan fingerprint density at radius 3 is 2.80 bits per heavy atom. The van der Waals surface area contributed by atoms with Gasteiger partial charge in [-0.1, -0.05) is 6.92 Å². The van der Waals surface area contributed by atoms with Crippen molar-refractivity contribution in [2.24, 2.45) is 11.8 Å². The molecule has 0 aromatic carbocycles. The molecule has 0 bridgehead atoms. The zero-order valence-electron chi connectivity index (χ0n) is 9.88. The molecule has 88 valence electrons. The van der Waals surface area contributed by atoms with Crippen molar-refractivity contribution in [1.29, 1.82) is 0 Å². The first-order valence-electron chi connectivity index (χ1n) is 5.71. The van der Waals surface area contributed by atoms with Gasteiger partial charge in [0.15, 0.2) is 0 Å². The summed E-state index contributed by atoms with van der Waals surface area (Å²) in [5, 5.41) is 6.13. The van der Waals surface area contributed by atoms with E-state index in [1.165, 1.54) is 0 Å². The van der Waals surface area contributed by atoms with Crippen molar-refractivity contribution in [3.05, 3.63) is 0 Å². The summed E-state index contributed by atoms with van der Waals surface area (Å²) in [4.78, 5) is 11.7. The van der Waals surface area contributed by atoms with Crippen LogP contribution in [0.25, 0.3) is 0 Å². The highest BCUT2D eigenvalue weighted by atomic mass is 16.5. The highest BCUT2D eigenvalue weighted by Gasteiger charge is 2.28. The van der Waals surface area contributed by atoms with Crippen LogP contribution in [0.5, 0.6) is 0 Å². The van der Waals surface area contributed by atoms with E-state index in [0.29, 0.717) is 19.1 Å². The van der Waals surface area contributed by atoms with Crippen LogP contribution in [0.3, 0.4) is 0 Å². The van der Waals surface area contributed by atoms with E-state index in [4.69, 9.17) is 4.74 Å². The van der Waals surface area contributed by atoms with Crippen molar-refractivity contribution in [3.63, 3.8) is 0 Å². The molecule has 4 heteroatoms. The third-order valence-corrected chi connectivity index (χ3v) is 2.71. The van der Waals surface area contributed by atoms with E-state index in [0.717, 1.165) is 13.1 Å². The number of amides is 1. The molecule has 0 unspecified atom stereocenters. The Hall–Kier alpha value is -0.610. The average Bonchev–Trinajstić information content (AvgIpc) is 2.58. The van der Waals surface area contributed by atoms with Crippen molar-refractivity contribution in [1.82, 2.24) is 10.6 Å². The summed E-state index contributed by atoms with van der Waals surface area (Å²) in [7, 11) is 0. The van der Waals surface area contributed by atoms with Gasteiger partial charge in [-0.15, -0.1) is 0 Å². The summed E-state index contributed by atoms with van der Waals surface area (Å²) in [6, 6.07) is 0. The minimum absolute atomic E-state index is 0.129. The van der Waals surface area contributed by atoms with E-state index in [9.17, 15) is 4.79 Å². The van der Waals surface area contributed by atoms with Gasteiger partial charge in [0.2, 0.25) is 5.91 Å². The van der Waals surface area contributed by atoms with Gasteiger partial charge >= 0.3 is 0 Å². The summed E-state index contributed by atoms with van der Waals surface area (Å²) in [6.45, 7) is 9.04. The van der Waals surface area contributed by atoms with Crippen LogP contribution in [0.1, 0.15) is 20.8 Å². The third kappa shape index (κ3) is 4.18. The van der Waals surface area contributed by atoms with Gasteiger partial charge in [-0.25, -0.2) is 0 Å². The maximum atomic E-state index is 11.7. The highest BCUT2D eigenvalue weighted by molar-refractivity contribution is 5.79. The second-order valence-corrected chi connectivity index (χ2v) is 4.45. The Balaban J connectivity index is 2.13. The molecule has 1 fully saturated rings. The molecule has 0 radical (unpaired) electrons. The molecule has 0 aliphatic carbocycles. The Morgan fingerprint density at radius 1 is 1.53 bits per heavy atom. The summed E-state index contributed by atoms with van der Waals surface area (Å²) in [5.41, 5.74) is 0. The lowest BCUT2D eigenvalue weighted by Crippen LogP contribution is -2.36. The number of hydrogen-bond acceptors (Lipinski definition) is 3. The van der Waals surface area contributed by atoms with Gasteiger partial charge in [0.25, 0.3) is 0 Å². The van der Waals surface area contributed by atoms with Crippen molar-refractivity contribution in [2.75, 3.05) is 26.2 Å². The lowest BCUT2D eigenvalue weighted by molar-refractivity contribution is -0.125. The first-order valence-corrected chi connectivity index (χ1v) is 5.71. The first kappa shape index (κ1) is 12.5. The molecule has 1 saturated heterocycles. The lowest BCUT2D eigenvalue weighted by atomic mass is 9.97. The topological polar surface area (TPSA) is 50.4 Å². The van der Waals surface area contributed by atoms with Crippen molar-refractivity contribution in [3.8, 4) is 0 Å². The van der Waals surface area contributed by atoms with Gasteiger partial charge in [-0.05, 0) is 26.3 Å². The molecule has 1 amide bonds. The van der Waals surface area contributed by atoms with Crippen LogP contribution in [0.2, 0.25) is 0 Å². The van der Waals surface area contributed by atoms with Gasteiger partial charge < -0.3 is 15.4 Å². The summed E-state index contributed by atoms with van der Waals surface area (Å²) in [6.07, 6.45) is 0.231. The van der Waals surface area contributed by atoms with Gasteiger partial charge in [0, 0.05) is 13.1 Å². The fourth-order valence-corrected chi connectivity index (χ4v) is 1.76. The molecule has 1 aliphatic heterocycles. The second kappa shape index (κ2) is 6.08. The van der Waals surface area contributed by atoms with Gasteiger partial charge in [0.05, 0.1) is 18.6 Å². The van der Waals surface area contributed by atoms with E-state index < -0.39 is 0 Å². The van der Waals surface area contributed by atoms with Crippen LogP contribution in [0.15, 0.2) is 0 Å². The molecule has 2 atom stereocenters. The average molecular weight is 214 g/mol. The number of nitrogens with one attached hydrogen (secondary N) is 2. The van der Waals surface area contributed by atoms with E-state index in [-0.39, 0.29) is 17.9 Å². The van der Waals surface area contributed by atoms with Crippen LogP contribution in [-0.4, -0.2) is 38.3 Å². The van der Waals surface area contributed by atoms with Crippen molar-refractivity contribution < 1.29 is 9.53 Å². The molecule has 0 aromatic heterocycles. The summed E-state index contributed by atoms with van der Waals surface area (Å²) < 4.78 is 5.35. The third-order valence-electron chi connectivity index (χ3n) is 2.71. The molecular weight excluding hydrogens is 192 g/mol. The van der Waals surface area contributed by atoms with E-state index >= 15 is 0 Å². The smallest absolute Gasteiger partial charge is 0.224 e. The zero-order valence-corrected chi connectivity index (χ0v) is 9.88. The Morgan fingerprint density at radius 2 is 2.27 bits per heavy atom. The van der Waals surface area contributed by atoms with Crippen LogP contribution in [0.4, 0.5) is 0 Å². The molecule has 1 aliphatic rings. The molecule has 1 rings (SSSR count). The first-order chi connectivity index (χ1) is 7.11. The van der Waals surface area contributed by atoms with Crippen LogP contribution in [0, 0.1) is 11.8 Å². The standard InChI is InChI=1S/C11H22N2O2/c1-8(2)15-5-4-13-11(14)10-7-12-6-9(10)3/h8-10,12H,4-7H2,1-3H3,(H,13,14)/t9-,10-/m1/s1. The predicted octanol–water partition coefficient (Wildman–Crippen LogP) is 0.383. The monoisotopic (exact) mass is 214 g/mol. The number of rotatable bonds is 5. The molecule has 15 heavy (non-hydrogen) atoms. The van der Waals surface area contributed by atoms with Crippen LogP contribution >= 0.6 is 0 Å². The molecule has 4 nitrogen and oxygen atoms in total. The van der Waals surface area contributed by atoms with E-state index in [1.807, 2.05) is 13.8 Å². The zero-order chi connectivity index (χ0) is 11.3.